The van der Waals surface area contributed by atoms with Crippen LogP contribution in [0, 0.1) is 5.82 Å². The number of benzene rings is 1. The minimum absolute atomic E-state index is 0.0782. The van der Waals surface area contributed by atoms with Gasteiger partial charge in [-0.2, -0.15) is 0 Å². The largest absolute Gasteiger partial charge is 0.478 e. The number of carbonyl (C=O) groups excluding carboxylic acids is 1. The number of rotatable bonds is 7. The quantitative estimate of drug-likeness (QED) is 0.846. The van der Waals surface area contributed by atoms with E-state index < -0.39 is 5.60 Å². The summed E-state index contributed by atoms with van der Waals surface area (Å²) in [6.45, 7) is 3.72. The molecule has 0 radical (unpaired) electrons. The highest BCUT2D eigenvalue weighted by Gasteiger charge is 2.31. The molecule has 1 aromatic carbocycles. The molecule has 2 rings (SSSR count). The predicted octanol–water partition coefficient (Wildman–Crippen LogP) is 3.00. The summed E-state index contributed by atoms with van der Waals surface area (Å²) in [6, 6.07) is 9.19. The number of furan rings is 1. The molecule has 0 bridgehead atoms. The fourth-order valence-electron chi connectivity index (χ4n) is 2.26. The molecule has 1 unspecified atom stereocenters. The normalized spacial score (nSPS) is 12.9. The Morgan fingerprint density at radius 1 is 1.29 bits per heavy atom. The molecular weight excluding hydrogens is 311 g/mol. The summed E-state index contributed by atoms with van der Waals surface area (Å²) in [5.74, 6) is 0.603. The van der Waals surface area contributed by atoms with Crippen molar-refractivity contribution in [1.29, 1.82) is 0 Å². The van der Waals surface area contributed by atoms with Crippen molar-refractivity contribution in [2.75, 3.05) is 20.6 Å². The van der Waals surface area contributed by atoms with Crippen LogP contribution in [0.15, 0.2) is 47.1 Å². The summed E-state index contributed by atoms with van der Waals surface area (Å²) in [5.41, 5.74) is -1.09. The van der Waals surface area contributed by atoms with Crippen molar-refractivity contribution < 1.29 is 18.3 Å². The number of hydrogen-bond acceptors (Lipinski definition) is 4. The van der Waals surface area contributed by atoms with Crippen LogP contribution < -0.4 is 10.1 Å². The van der Waals surface area contributed by atoms with Crippen LogP contribution in [0.5, 0.6) is 5.75 Å². The van der Waals surface area contributed by atoms with Gasteiger partial charge in [0.25, 0.3) is 5.91 Å². The summed E-state index contributed by atoms with van der Waals surface area (Å²) in [4.78, 5) is 14.4. The molecule has 0 spiro atoms. The standard InChI is InChI=1S/C18H23FN2O3/c1-18(2,24-14-9-7-13(19)8-10-14)17(22)20-12-15(21(3)4)16-6-5-11-23-16/h5-11,15H,12H2,1-4H3,(H,20,22). The zero-order valence-corrected chi connectivity index (χ0v) is 14.4. The topological polar surface area (TPSA) is 54.7 Å². The molecule has 0 saturated carbocycles. The second-order valence-corrected chi connectivity index (χ2v) is 6.27. The molecule has 1 heterocycles. The van der Waals surface area contributed by atoms with Crippen LogP contribution in [-0.2, 0) is 4.79 Å². The highest BCUT2D eigenvalue weighted by Crippen LogP contribution is 2.21. The molecule has 24 heavy (non-hydrogen) atoms. The minimum atomic E-state index is -1.09. The molecule has 1 aromatic heterocycles. The van der Waals surface area contributed by atoms with Crippen molar-refractivity contribution in [3.05, 3.63) is 54.2 Å². The fourth-order valence-corrected chi connectivity index (χ4v) is 2.26. The second kappa shape index (κ2) is 7.49. The molecule has 0 aliphatic heterocycles. The van der Waals surface area contributed by atoms with E-state index in [1.807, 2.05) is 31.1 Å². The summed E-state index contributed by atoms with van der Waals surface area (Å²) in [6.07, 6.45) is 1.61. The van der Waals surface area contributed by atoms with E-state index in [0.29, 0.717) is 12.3 Å². The van der Waals surface area contributed by atoms with Gasteiger partial charge in [-0.15, -0.1) is 0 Å². The summed E-state index contributed by atoms with van der Waals surface area (Å²) >= 11 is 0. The summed E-state index contributed by atoms with van der Waals surface area (Å²) < 4.78 is 24.1. The predicted molar refractivity (Wildman–Crippen MR) is 89.3 cm³/mol. The van der Waals surface area contributed by atoms with E-state index in [4.69, 9.17) is 9.15 Å². The van der Waals surface area contributed by atoms with Gasteiger partial charge in [0.2, 0.25) is 0 Å². The maximum absolute atomic E-state index is 12.9. The zero-order valence-electron chi connectivity index (χ0n) is 14.4. The first-order chi connectivity index (χ1) is 11.3. The number of nitrogens with one attached hydrogen (secondary N) is 1. The Morgan fingerprint density at radius 2 is 1.96 bits per heavy atom. The van der Waals surface area contributed by atoms with Crippen LogP contribution in [0.3, 0.4) is 0 Å². The van der Waals surface area contributed by atoms with Gasteiger partial charge >= 0.3 is 0 Å². The van der Waals surface area contributed by atoms with Crippen molar-refractivity contribution in [1.82, 2.24) is 10.2 Å². The monoisotopic (exact) mass is 334 g/mol. The lowest BCUT2D eigenvalue weighted by molar-refractivity contribution is -0.134. The van der Waals surface area contributed by atoms with Crippen molar-refractivity contribution in [3.63, 3.8) is 0 Å². The first-order valence-corrected chi connectivity index (χ1v) is 7.72. The Bertz CT molecular complexity index is 651. The van der Waals surface area contributed by atoms with E-state index in [0.717, 1.165) is 5.76 Å². The summed E-state index contributed by atoms with van der Waals surface area (Å²) in [7, 11) is 3.83. The maximum Gasteiger partial charge on any atom is 0.263 e. The molecule has 1 N–H and O–H groups in total. The van der Waals surface area contributed by atoms with Crippen LogP contribution >= 0.6 is 0 Å². The molecule has 0 saturated heterocycles. The van der Waals surface area contributed by atoms with Crippen LogP contribution in [0.1, 0.15) is 25.6 Å². The number of nitrogens with zero attached hydrogens (tertiary/aromatic N) is 1. The Kier molecular flexibility index (Phi) is 5.62. The van der Waals surface area contributed by atoms with Gasteiger partial charge in [0.05, 0.1) is 12.3 Å². The van der Waals surface area contributed by atoms with E-state index in [2.05, 4.69) is 5.32 Å². The maximum atomic E-state index is 12.9. The molecule has 1 atom stereocenters. The Labute approximate surface area is 141 Å². The molecular formula is C18H23FN2O3. The molecule has 2 aromatic rings. The number of amides is 1. The number of carbonyl (C=O) groups is 1. The molecule has 6 heteroatoms. The minimum Gasteiger partial charge on any atom is -0.478 e. The smallest absolute Gasteiger partial charge is 0.263 e. The Balaban J connectivity index is 1.98. The second-order valence-electron chi connectivity index (χ2n) is 6.27. The van der Waals surface area contributed by atoms with Crippen molar-refractivity contribution >= 4 is 5.91 Å². The SMILES string of the molecule is CN(C)C(CNC(=O)C(C)(C)Oc1ccc(F)cc1)c1ccco1. The number of ether oxygens (including phenoxy) is 1. The molecule has 0 aliphatic carbocycles. The fraction of sp³-hybridized carbons (Fsp3) is 0.389. The summed E-state index contributed by atoms with van der Waals surface area (Å²) in [5, 5.41) is 2.88. The van der Waals surface area contributed by atoms with Crippen LogP contribution in [0.25, 0.3) is 0 Å². The third-order valence-electron chi connectivity index (χ3n) is 3.68. The molecule has 0 fully saturated rings. The number of likely N-dealkylation sites (N-methyl/N-ethyl adjacent to an activating group) is 1. The highest BCUT2D eigenvalue weighted by atomic mass is 19.1. The lowest BCUT2D eigenvalue weighted by Gasteiger charge is -2.28. The van der Waals surface area contributed by atoms with E-state index >= 15 is 0 Å². The van der Waals surface area contributed by atoms with Crippen molar-refractivity contribution in [2.45, 2.75) is 25.5 Å². The first kappa shape index (κ1) is 18.0. The van der Waals surface area contributed by atoms with Gasteiger partial charge in [-0.1, -0.05) is 0 Å². The third kappa shape index (κ3) is 4.58. The van der Waals surface area contributed by atoms with E-state index in [9.17, 15) is 9.18 Å². The van der Waals surface area contributed by atoms with Gasteiger partial charge in [-0.05, 0) is 64.3 Å². The van der Waals surface area contributed by atoms with Gasteiger partial charge in [0.1, 0.15) is 17.3 Å². The lowest BCUT2D eigenvalue weighted by atomic mass is 10.1. The van der Waals surface area contributed by atoms with Gasteiger partial charge in [0, 0.05) is 6.54 Å². The van der Waals surface area contributed by atoms with Gasteiger partial charge in [-0.3, -0.25) is 9.69 Å². The number of hydrogen-bond donors (Lipinski definition) is 1. The van der Waals surface area contributed by atoms with Crippen LogP contribution in [0.4, 0.5) is 4.39 Å². The third-order valence-corrected chi connectivity index (χ3v) is 3.68. The van der Waals surface area contributed by atoms with E-state index in [1.165, 1.54) is 24.3 Å². The van der Waals surface area contributed by atoms with Crippen molar-refractivity contribution in [2.24, 2.45) is 0 Å². The van der Waals surface area contributed by atoms with Crippen molar-refractivity contribution in [3.8, 4) is 5.75 Å². The Hall–Kier alpha value is -2.34. The van der Waals surface area contributed by atoms with Gasteiger partial charge in [0.15, 0.2) is 5.60 Å². The number of halogens is 1. The van der Waals surface area contributed by atoms with Gasteiger partial charge in [-0.25, -0.2) is 4.39 Å². The molecule has 0 aliphatic rings. The average molecular weight is 334 g/mol. The molecule has 5 nitrogen and oxygen atoms in total. The Morgan fingerprint density at radius 3 is 2.50 bits per heavy atom. The van der Waals surface area contributed by atoms with E-state index in [1.54, 1.807) is 20.1 Å². The first-order valence-electron chi connectivity index (χ1n) is 7.72. The molecule has 1 amide bonds. The van der Waals surface area contributed by atoms with Gasteiger partial charge < -0.3 is 14.5 Å². The van der Waals surface area contributed by atoms with Crippen LogP contribution in [-0.4, -0.2) is 37.0 Å². The van der Waals surface area contributed by atoms with Crippen LogP contribution in [0.2, 0.25) is 0 Å². The van der Waals surface area contributed by atoms with E-state index in [-0.39, 0.29) is 17.8 Å². The zero-order chi connectivity index (χ0) is 17.7. The highest BCUT2D eigenvalue weighted by molar-refractivity contribution is 5.84. The lowest BCUT2D eigenvalue weighted by Crippen LogP contribution is -2.48. The average Bonchev–Trinajstić information content (AvgIpc) is 3.03. The molecule has 130 valence electrons.